The second-order valence-corrected chi connectivity index (χ2v) is 5.96. The summed E-state index contributed by atoms with van der Waals surface area (Å²) in [6.45, 7) is 13.9. The van der Waals surface area contributed by atoms with E-state index in [2.05, 4.69) is 31.0 Å². The van der Waals surface area contributed by atoms with Gasteiger partial charge in [-0.2, -0.15) is 0 Å². The van der Waals surface area contributed by atoms with Crippen LogP contribution in [0.15, 0.2) is 0 Å². The third kappa shape index (κ3) is 9.70. The Morgan fingerprint density at radius 1 is 1.05 bits per heavy atom. The molecular weight excluding hydrogens is 252 g/mol. The van der Waals surface area contributed by atoms with Gasteiger partial charge in [0.05, 0.1) is 6.61 Å². The lowest BCUT2D eigenvalue weighted by atomic mass is 9.86. The van der Waals surface area contributed by atoms with Gasteiger partial charge < -0.3 is 19.7 Å². The molecule has 4 nitrogen and oxygen atoms in total. The van der Waals surface area contributed by atoms with Crippen LogP contribution in [0.5, 0.6) is 0 Å². The van der Waals surface area contributed by atoms with E-state index in [9.17, 15) is 0 Å². The highest BCUT2D eigenvalue weighted by atomic mass is 16.5. The van der Waals surface area contributed by atoms with Gasteiger partial charge in [0.15, 0.2) is 0 Å². The Balaban J connectivity index is 4.30. The van der Waals surface area contributed by atoms with Gasteiger partial charge in [0.1, 0.15) is 0 Å². The standard InChI is InChI=1S/C16H36N2O2/c1-6-9-17-14-16(3,7-2)15-18(11-13-20-5)10-8-12-19-4/h17H,6-15H2,1-5H3. The summed E-state index contributed by atoms with van der Waals surface area (Å²) in [7, 11) is 3.54. The minimum atomic E-state index is 0.329. The summed E-state index contributed by atoms with van der Waals surface area (Å²) in [6, 6.07) is 0. The van der Waals surface area contributed by atoms with Crippen molar-refractivity contribution in [3.8, 4) is 0 Å². The molecule has 0 aromatic heterocycles. The van der Waals surface area contributed by atoms with Gasteiger partial charge in [0.25, 0.3) is 0 Å². The SMILES string of the molecule is CCCNCC(C)(CC)CN(CCCOC)CCOC. The molecule has 0 aliphatic heterocycles. The van der Waals surface area contributed by atoms with Crippen molar-refractivity contribution in [3.63, 3.8) is 0 Å². The maximum Gasteiger partial charge on any atom is 0.0589 e. The molecule has 1 unspecified atom stereocenters. The maximum absolute atomic E-state index is 5.24. The van der Waals surface area contributed by atoms with E-state index in [-0.39, 0.29) is 0 Å². The molecule has 0 rings (SSSR count). The zero-order valence-corrected chi connectivity index (χ0v) is 14.3. The van der Waals surface area contributed by atoms with Gasteiger partial charge in [-0.1, -0.05) is 20.8 Å². The van der Waals surface area contributed by atoms with E-state index < -0.39 is 0 Å². The average molecular weight is 288 g/mol. The minimum Gasteiger partial charge on any atom is -0.385 e. The lowest BCUT2D eigenvalue weighted by Gasteiger charge is -2.35. The van der Waals surface area contributed by atoms with Gasteiger partial charge in [0, 0.05) is 47.0 Å². The Morgan fingerprint density at radius 3 is 2.30 bits per heavy atom. The zero-order chi connectivity index (χ0) is 15.3. The molecule has 0 amide bonds. The van der Waals surface area contributed by atoms with E-state index in [4.69, 9.17) is 9.47 Å². The van der Waals surface area contributed by atoms with E-state index >= 15 is 0 Å². The summed E-state index contributed by atoms with van der Waals surface area (Å²) >= 11 is 0. The second-order valence-electron chi connectivity index (χ2n) is 5.96. The molecular formula is C16H36N2O2. The van der Waals surface area contributed by atoms with Gasteiger partial charge in [-0.25, -0.2) is 0 Å². The van der Waals surface area contributed by atoms with Crippen LogP contribution in [0.1, 0.15) is 40.0 Å². The van der Waals surface area contributed by atoms with Crippen molar-refractivity contribution in [2.75, 3.05) is 60.2 Å². The first-order valence-corrected chi connectivity index (χ1v) is 8.02. The predicted molar refractivity (Wildman–Crippen MR) is 86.4 cm³/mol. The van der Waals surface area contributed by atoms with Crippen LogP contribution in [0.4, 0.5) is 0 Å². The summed E-state index contributed by atoms with van der Waals surface area (Å²) in [5.41, 5.74) is 0.329. The molecule has 0 fully saturated rings. The Hall–Kier alpha value is -0.160. The molecule has 1 N–H and O–H groups in total. The summed E-state index contributed by atoms with van der Waals surface area (Å²) < 4.78 is 10.4. The average Bonchev–Trinajstić information content (AvgIpc) is 2.45. The molecule has 0 aromatic rings. The second kappa shape index (κ2) is 12.6. The zero-order valence-electron chi connectivity index (χ0n) is 14.3. The highest BCUT2D eigenvalue weighted by Crippen LogP contribution is 2.21. The first kappa shape index (κ1) is 19.8. The molecule has 122 valence electrons. The van der Waals surface area contributed by atoms with Gasteiger partial charge in [-0.05, 0) is 31.2 Å². The fourth-order valence-corrected chi connectivity index (χ4v) is 2.32. The summed E-state index contributed by atoms with van der Waals surface area (Å²) in [5.74, 6) is 0. The third-order valence-corrected chi connectivity index (χ3v) is 3.87. The lowest BCUT2D eigenvalue weighted by Crippen LogP contribution is -2.43. The highest BCUT2D eigenvalue weighted by molar-refractivity contribution is 4.80. The largest absolute Gasteiger partial charge is 0.385 e. The summed E-state index contributed by atoms with van der Waals surface area (Å²) in [5, 5.41) is 3.57. The van der Waals surface area contributed by atoms with E-state index in [1.165, 1.54) is 12.8 Å². The van der Waals surface area contributed by atoms with Gasteiger partial charge in [-0.15, -0.1) is 0 Å². The topological polar surface area (TPSA) is 33.7 Å². The van der Waals surface area contributed by atoms with Crippen molar-refractivity contribution in [2.45, 2.75) is 40.0 Å². The highest BCUT2D eigenvalue weighted by Gasteiger charge is 2.24. The number of hydrogen-bond acceptors (Lipinski definition) is 4. The Morgan fingerprint density at radius 2 is 1.75 bits per heavy atom. The number of methoxy groups -OCH3 is 2. The molecule has 0 radical (unpaired) electrons. The summed E-state index contributed by atoms with van der Waals surface area (Å²) in [6.07, 6.45) is 3.47. The molecule has 0 bridgehead atoms. The van der Waals surface area contributed by atoms with Gasteiger partial charge >= 0.3 is 0 Å². The lowest BCUT2D eigenvalue weighted by molar-refractivity contribution is 0.0980. The van der Waals surface area contributed by atoms with Crippen molar-refractivity contribution in [1.82, 2.24) is 10.2 Å². The van der Waals surface area contributed by atoms with E-state index in [1.54, 1.807) is 14.2 Å². The summed E-state index contributed by atoms with van der Waals surface area (Å²) in [4.78, 5) is 2.51. The molecule has 0 saturated carbocycles. The van der Waals surface area contributed by atoms with Crippen LogP contribution in [0.25, 0.3) is 0 Å². The molecule has 0 heterocycles. The molecule has 1 atom stereocenters. The smallest absolute Gasteiger partial charge is 0.0589 e. The first-order chi connectivity index (χ1) is 9.61. The number of hydrogen-bond donors (Lipinski definition) is 1. The van der Waals surface area contributed by atoms with Crippen molar-refractivity contribution < 1.29 is 9.47 Å². The molecule has 0 aliphatic rings. The van der Waals surface area contributed by atoms with Crippen LogP contribution in [0.2, 0.25) is 0 Å². The van der Waals surface area contributed by atoms with Crippen LogP contribution in [-0.4, -0.2) is 65.1 Å². The van der Waals surface area contributed by atoms with E-state index in [0.717, 1.165) is 52.4 Å². The van der Waals surface area contributed by atoms with Crippen LogP contribution in [0, 0.1) is 5.41 Å². The van der Waals surface area contributed by atoms with Crippen molar-refractivity contribution >= 4 is 0 Å². The number of nitrogens with one attached hydrogen (secondary N) is 1. The number of nitrogens with zero attached hydrogens (tertiary/aromatic N) is 1. The Kier molecular flexibility index (Phi) is 12.5. The molecule has 0 saturated heterocycles. The fourth-order valence-electron chi connectivity index (χ4n) is 2.32. The predicted octanol–water partition coefficient (Wildman–Crippen LogP) is 2.39. The number of ether oxygens (including phenoxy) is 2. The maximum atomic E-state index is 5.24. The third-order valence-electron chi connectivity index (χ3n) is 3.87. The minimum absolute atomic E-state index is 0.329. The van der Waals surface area contributed by atoms with Gasteiger partial charge in [0.2, 0.25) is 0 Å². The quantitative estimate of drug-likeness (QED) is 0.498. The molecule has 0 spiro atoms. The van der Waals surface area contributed by atoms with Crippen molar-refractivity contribution in [2.24, 2.45) is 5.41 Å². The first-order valence-electron chi connectivity index (χ1n) is 8.02. The molecule has 4 heteroatoms. The van der Waals surface area contributed by atoms with Crippen LogP contribution in [-0.2, 0) is 9.47 Å². The normalized spacial score (nSPS) is 14.7. The van der Waals surface area contributed by atoms with E-state index in [0.29, 0.717) is 5.41 Å². The van der Waals surface area contributed by atoms with E-state index in [1.807, 2.05) is 0 Å². The van der Waals surface area contributed by atoms with Crippen LogP contribution >= 0.6 is 0 Å². The van der Waals surface area contributed by atoms with Crippen molar-refractivity contribution in [3.05, 3.63) is 0 Å². The number of rotatable bonds is 14. The molecule has 0 aromatic carbocycles. The van der Waals surface area contributed by atoms with Crippen LogP contribution in [0.3, 0.4) is 0 Å². The fraction of sp³-hybridized carbons (Fsp3) is 1.00. The monoisotopic (exact) mass is 288 g/mol. The van der Waals surface area contributed by atoms with Crippen LogP contribution < -0.4 is 5.32 Å². The molecule has 0 aliphatic carbocycles. The Labute approximate surface area is 126 Å². The molecule has 20 heavy (non-hydrogen) atoms. The van der Waals surface area contributed by atoms with Gasteiger partial charge in [-0.3, -0.25) is 0 Å². The van der Waals surface area contributed by atoms with Crippen molar-refractivity contribution in [1.29, 1.82) is 0 Å². The Bertz CT molecular complexity index is 215.